The lowest BCUT2D eigenvalue weighted by Gasteiger charge is -2.32. The van der Waals surface area contributed by atoms with Crippen molar-refractivity contribution in [3.05, 3.63) is 59.7 Å². The lowest BCUT2D eigenvalue weighted by molar-refractivity contribution is -0.141. The van der Waals surface area contributed by atoms with Gasteiger partial charge in [-0.2, -0.15) is 0 Å². The summed E-state index contributed by atoms with van der Waals surface area (Å²) >= 11 is 0. The Bertz CT molecular complexity index is 1190. The van der Waals surface area contributed by atoms with Crippen molar-refractivity contribution in [1.29, 1.82) is 0 Å². The molecule has 0 fully saturated rings. The smallest absolute Gasteiger partial charge is 0.269 e. The number of nitrogens with one attached hydrogen (secondary N) is 1. The quantitative estimate of drug-likeness (QED) is 0.580. The molecule has 1 N–H and O–H groups in total. The molecule has 0 saturated carbocycles. The summed E-state index contributed by atoms with van der Waals surface area (Å²) in [5.41, 5.74) is 0.724. The van der Waals surface area contributed by atoms with Crippen molar-refractivity contribution >= 4 is 27.7 Å². The van der Waals surface area contributed by atoms with Gasteiger partial charge in [-0.3, -0.25) is 14.4 Å². The number of sulfonamides is 1. The van der Waals surface area contributed by atoms with Gasteiger partial charge < -0.3 is 15.0 Å². The first-order chi connectivity index (χ1) is 16.1. The number of benzene rings is 2. The lowest BCUT2D eigenvalue weighted by atomic mass is 10.1. The molecule has 34 heavy (non-hydrogen) atoms. The molecule has 182 valence electrons. The maximum Gasteiger partial charge on any atom is 0.269 e. The molecule has 0 unspecified atom stereocenters. The molecule has 1 heterocycles. The molecule has 0 bridgehead atoms. The van der Waals surface area contributed by atoms with Gasteiger partial charge in [-0.15, -0.1) is 0 Å². The van der Waals surface area contributed by atoms with Gasteiger partial charge in [0.2, 0.25) is 11.8 Å². The first kappa shape index (κ1) is 25.2. The fourth-order valence-corrected chi connectivity index (χ4v) is 5.39. The standard InChI is InChI=1S/C24H29N3O6S/c1-5-20(23(29)25-16(2)3)26(14-17-9-8-10-18(13-17)33-4)22(28)15-27-24(30)19-11-6-7-12-21(19)34(27,31)32/h6-13,16,20H,5,14-15H2,1-4H3,(H,25,29)/t20-/m0/s1. The highest BCUT2D eigenvalue weighted by Crippen LogP contribution is 2.30. The molecule has 1 aliphatic rings. The van der Waals surface area contributed by atoms with Crippen LogP contribution in [0.25, 0.3) is 0 Å². The largest absolute Gasteiger partial charge is 0.497 e. The molecule has 0 aromatic heterocycles. The monoisotopic (exact) mass is 487 g/mol. The zero-order chi connectivity index (χ0) is 25.0. The van der Waals surface area contributed by atoms with Gasteiger partial charge in [0, 0.05) is 12.6 Å². The van der Waals surface area contributed by atoms with Gasteiger partial charge in [0.25, 0.3) is 15.9 Å². The van der Waals surface area contributed by atoms with Crippen LogP contribution in [-0.4, -0.2) is 61.1 Å². The van der Waals surface area contributed by atoms with Crippen LogP contribution in [0.1, 0.15) is 43.1 Å². The number of ether oxygens (including phenoxy) is 1. The van der Waals surface area contributed by atoms with E-state index in [1.54, 1.807) is 37.3 Å². The van der Waals surface area contributed by atoms with Crippen molar-refractivity contribution in [2.24, 2.45) is 0 Å². The van der Waals surface area contributed by atoms with Crippen LogP contribution in [0, 0.1) is 0 Å². The Morgan fingerprint density at radius 2 is 1.82 bits per heavy atom. The third-order valence-corrected chi connectivity index (χ3v) is 7.28. The molecule has 3 amide bonds. The number of fused-ring (bicyclic) bond motifs is 1. The number of carbonyl (C=O) groups excluding carboxylic acids is 3. The molecular formula is C24H29N3O6S. The Morgan fingerprint density at radius 3 is 2.44 bits per heavy atom. The molecule has 3 rings (SSSR count). The van der Waals surface area contributed by atoms with E-state index in [0.29, 0.717) is 22.0 Å². The summed E-state index contributed by atoms with van der Waals surface area (Å²) < 4.78 is 31.7. The van der Waals surface area contributed by atoms with Crippen LogP contribution >= 0.6 is 0 Å². The summed E-state index contributed by atoms with van der Waals surface area (Å²) in [5, 5.41) is 2.81. The fourth-order valence-electron chi connectivity index (χ4n) is 3.87. The van der Waals surface area contributed by atoms with E-state index in [1.807, 2.05) is 13.8 Å². The number of nitrogens with zero attached hydrogens (tertiary/aromatic N) is 2. The molecule has 0 spiro atoms. The maximum atomic E-state index is 13.5. The Balaban J connectivity index is 1.94. The van der Waals surface area contributed by atoms with Crippen LogP contribution in [-0.2, 0) is 26.2 Å². The third-order valence-electron chi connectivity index (χ3n) is 5.49. The van der Waals surface area contributed by atoms with Crippen molar-refractivity contribution in [1.82, 2.24) is 14.5 Å². The molecule has 2 aromatic carbocycles. The molecule has 0 radical (unpaired) electrons. The molecule has 1 aliphatic heterocycles. The van der Waals surface area contributed by atoms with Gasteiger partial charge in [-0.1, -0.05) is 31.2 Å². The summed E-state index contributed by atoms with van der Waals surface area (Å²) in [4.78, 5) is 40.4. The Morgan fingerprint density at radius 1 is 1.12 bits per heavy atom. The number of hydrogen-bond acceptors (Lipinski definition) is 6. The SMILES string of the molecule is CC[C@@H](C(=O)NC(C)C)N(Cc1cccc(OC)c1)C(=O)CN1C(=O)c2ccccc2S1(=O)=O. The topological polar surface area (TPSA) is 113 Å². The van der Waals surface area contributed by atoms with Crippen LogP contribution in [0.4, 0.5) is 0 Å². The maximum absolute atomic E-state index is 13.5. The van der Waals surface area contributed by atoms with Crippen molar-refractivity contribution in [2.75, 3.05) is 13.7 Å². The molecule has 0 saturated heterocycles. The van der Waals surface area contributed by atoms with E-state index in [0.717, 1.165) is 0 Å². The highest BCUT2D eigenvalue weighted by molar-refractivity contribution is 7.90. The van der Waals surface area contributed by atoms with Gasteiger partial charge in [0.05, 0.1) is 12.7 Å². The van der Waals surface area contributed by atoms with E-state index in [9.17, 15) is 22.8 Å². The second kappa shape index (κ2) is 10.3. The van der Waals surface area contributed by atoms with Crippen LogP contribution in [0.3, 0.4) is 0 Å². The normalized spacial score (nSPS) is 15.1. The summed E-state index contributed by atoms with van der Waals surface area (Å²) in [6.45, 7) is 4.72. The highest BCUT2D eigenvalue weighted by atomic mass is 32.2. The van der Waals surface area contributed by atoms with E-state index < -0.39 is 34.4 Å². The van der Waals surface area contributed by atoms with Gasteiger partial charge in [-0.05, 0) is 50.1 Å². The fraction of sp³-hybridized carbons (Fsp3) is 0.375. The van der Waals surface area contributed by atoms with Crippen molar-refractivity contribution < 1.29 is 27.5 Å². The molecule has 9 nitrogen and oxygen atoms in total. The van der Waals surface area contributed by atoms with E-state index in [2.05, 4.69) is 5.32 Å². The second-order valence-corrected chi connectivity index (χ2v) is 10.1. The number of carbonyl (C=O) groups is 3. The lowest BCUT2D eigenvalue weighted by Crippen LogP contribution is -2.53. The average molecular weight is 488 g/mol. The summed E-state index contributed by atoms with van der Waals surface area (Å²) in [5.74, 6) is -1.19. The Kier molecular flexibility index (Phi) is 7.61. The number of hydrogen-bond donors (Lipinski definition) is 1. The molecule has 10 heteroatoms. The third kappa shape index (κ3) is 5.06. The number of amides is 3. The Hall–Kier alpha value is -3.40. The molecule has 1 atom stereocenters. The van der Waals surface area contributed by atoms with E-state index in [1.165, 1.54) is 30.2 Å². The number of methoxy groups -OCH3 is 1. The van der Waals surface area contributed by atoms with Gasteiger partial charge in [0.1, 0.15) is 23.2 Å². The summed E-state index contributed by atoms with van der Waals surface area (Å²) in [7, 11) is -2.64. The van der Waals surface area contributed by atoms with E-state index in [-0.39, 0.29) is 29.0 Å². The predicted octanol–water partition coefficient (Wildman–Crippen LogP) is 2.17. The van der Waals surface area contributed by atoms with Gasteiger partial charge in [0.15, 0.2) is 0 Å². The Labute approximate surface area is 199 Å². The highest BCUT2D eigenvalue weighted by Gasteiger charge is 2.43. The van der Waals surface area contributed by atoms with E-state index >= 15 is 0 Å². The van der Waals surface area contributed by atoms with Gasteiger partial charge >= 0.3 is 0 Å². The first-order valence-corrected chi connectivity index (χ1v) is 12.4. The molecular weight excluding hydrogens is 458 g/mol. The zero-order valence-corrected chi connectivity index (χ0v) is 20.5. The zero-order valence-electron chi connectivity index (χ0n) is 19.6. The predicted molar refractivity (Wildman–Crippen MR) is 126 cm³/mol. The van der Waals surface area contributed by atoms with Crippen LogP contribution in [0.2, 0.25) is 0 Å². The van der Waals surface area contributed by atoms with Crippen molar-refractivity contribution in [3.8, 4) is 5.75 Å². The van der Waals surface area contributed by atoms with Crippen LogP contribution < -0.4 is 10.1 Å². The minimum absolute atomic E-state index is 0.0271. The van der Waals surface area contributed by atoms with Gasteiger partial charge in [-0.25, -0.2) is 12.7 Å². The molecule has 0 aliphatic carbocycles. The van der Waals surface area contributed by atoms with Crippen LogP contribution in [0.5, 0.6) is 5.75 Å². The summed E-state index contributed by atoms with van der Waals surface area (Å²) in [6, 6.07) is 11.9. The minimum Gasteiger partial charge on any atom is -0.497 e. The van der Waals surface area contributed by atoms with Crippen LogP contribution in [0.15, 0.2) is 53.4 Å². The van der Waals surface area contributed by atoms with E-state index in [4.69, 9.17) is 4.74 Å². The van der Waals surface area contributed by atoms with Crippen molar-refractivity contribution in [2.45, 2.75) is 50.7 Å². The number of rotatable bonds is 9. The second-order valence-electron chi connectivity index (χ2n) is 8.27. The molecule has 2 aromatic rings. The minimum atomic E-state index is -4.16. The van der Waals surface area contributed by atoms with Crippen molar-refractivity contribution in [3.63, 3.8) is 0 Å². The first-order valence-electron chi connectivity index (χ1n) is 11.0. The average Bonchev–Trinajstić information content (AvgIpc) is 2.99. The summed E-state index contributed by atoms with van der Waals surface area (Å²) in [6.07, 6.45) is 0.301.